The van der Waals surface area contributed by atoms with E-state index in [9.17, 15) is 9.18 Å². The fraction of sp³-hybridized carbons (Fsp3) is 0. The second-order valence-corrected chi connectivity index (χ2v) is 3.23. The minimum absolute atomic E-state index is 0.00894. The monoisotopic (exact) mass is 233 g/mol. The van der Waals surface area contributed by atoms with Gasteiger partial charge in [0.2, 0.25) is 5.95 Å². The van der Waals surface area contributed by atoms with Crippen molar-refractivity contribution in [3.63, 3.8) is 0 Å². The number of aromatic carboxylic acids is 1. The van der Waals surface area contributed by atoms with Gasteiger partial charge >= 0.3 is 5.97 Å². The Balaban J connectivity index is 2.13. The van der Waals surface area contributed by atoms with E-state index >= 15 is 0 Å². The van der Waals surface area contributed by atoms with Gasteiger partial charge in [0.05, 0.1) is 5.56 Å². The number of nitrogens with one attached hydrogen (secondary N) is 1. The predicted octanol–water partition coefficient (Wildman–Crippen LogP) is 2.06. The van der Waals surface area contributed by atoms with Crippen LogP contribution in [0.3, 0.4) is 0 Å². The van der Waals surface area contributed by atoms with Crippen LogP contribution in [0.25, 0.3) is 0 Å². The van der Waals surface area contributed by atoms with Crippen molar-refractivity contribution in [1.82, 2.24) is 9.97 Å². The number of halogens is 1. The molecule has 1 aromatic carbocycles. The smallest absolute Gasteiger partial charge is 0.338 e. The number of carbonyl (C=O) groups is 1. The summed E-state index contributed by atoms with van der Waals surface area (Å²) in [4.78, 5) is 18.2. The first-order chi connectivity index (χ1) is 8.15. The van der Waals surface area contributed by atoms with E-state index in [4.69, 9.17) is 5.11 Å². The Bertz CT molecular complexity index is 525. The maximum atomic E-state index is 12.6. The van der Waals surface area contributed by atoms with Gasteiger partial charge in [-0.3, -0.25) is 0 Å². The molecule has 0 atom stereocenters. The van der Waals surface area contributed by atoms with E-state index in [1.165, 1.54) is 36.7 Å². The van der Waals surface area contributed by atoms with Gasteiger partial charge in [0.25, 0.3) is 0 Å². The van der Waals surface area contributed by atoms with Crippen molar-refractivity contribution >= 4 is 17.6 Å². The molecule has 0 saturated carbocycles. The highest BCUT2D eigenvalue weighted by atomic mass is 19.1. The van der Waals surface area contributed by atoms with Crippen LogP contribution in [0.5, 0.6) is 0 Å². The zero-order chi connectivity index (χ0) is 12.3. The van der Waals surface area contributed by atoms with Crippen molar-refractivity contribution in [2.45, 2.75) is 0 Å². The van der Waals surface area contributed by atoms with Crippen LogP contribution in [0, 0.1) is 5.82 Å². The van der Waals surface area contributed by atoms with E-state index in [0.29, 0.717) is 5.69 Å². The number of carboxylic acid groups (broad SMARTS) is 1. The number of rotatable bonds is 3. The summed E-state index contributed by atoms with van der Waals surface area (Å²) in [5.74, 6) is -1.17. The molecular weight excluding hydrogens is 225 g/mol. The Labute approximate surface area is 96.0 Å². The number of aromatic nitrogens is 2. The predicted molar refractivity (Wildman–Crippen MR) is 58.7 cm³/mol. The summed E-state index contributed by atoms with van der Waals surface area (Å²) in [7, 11) is 0. The highest BCUT2D eigenvalue weighted by molar-refractivity contribution is 5.86. The van der Waals surface area contributed by atoms with Gasteiger partial charge in [-0.2, -0.15) is 0 Å². The van der Waals surface area contributed by atoms with Crippen molar-refractivity contribution in [2.24, 2.45) is 0 Å². The topological polar surface area (TPSA) is 75.1 Å². The van der Waals surface area contributed by atoms with Gasteiger partial charge in [-0.1, -0.05) is 0 Å². The Morgan fingerprint density at radius 3 is 2.29 bits per heavy atom. The normalized spacial score (nSPS) is 9.94. The average Bonchev–Trinajstić information content (AvgIpc) is 2.33. The number of hydrogen-bond donors (Lipinski definition) is 2. The van der Waals surface area contributed by atoms with Crippen molar-refractivity contribution < 1.29 is 14.3 Å². The Morgan fingerprint density at radius 2 is 1.76 bits per heavy atom. The summed E-state index contributed by atoms with van der Waals surface area (Å²) in [5.41, 5.74) is 0.629. The van der Waals surface area contributed by atoms with Gasteiger partial charge in [0, 0.05) is 18.1 Å². The molecule has 17 heavy (non-hydrogen) atoms. The molecule has 0 radical (unpaired) electrons. The van der Waals surface area contributed by atoms with Gasteiger partial charge in [0.1, 0.15) is 5.82 Å². The standard InChI is InChI=1S/C11H8FN3O2/c12-8-1-3-9(4-2-8)15-11-13-5-7(6-14-11)10(16)17/h1-6H,(H,16,17)(H,13,14,15). The van der Waals surface area contributed by atoms with Crippen LogP contribution in [0.4, 0.5) is 16.0 Å². The molecule has 6 heteroatoms. The van der Waals surface area contributed by atoms with Crippen LogP contribution in [0.15, 0.2) is 36.7 Å². The Hall–Kier alpha value is -2.50. The molecule has 2 N–H and O–H groups in total. The third-order valence-electron chi connectivity index (χ3n) is 2.00. The van der Waals surface area contributed by atoms with E-state index in [1.54, 1.807) is 0 Å². The number of benzene rings is 1. The van der Waals surface area contributed by atoms with E-state index < -0.39 is 5.97 Å². The third kappa shape index (κ3) is 2.75. The zero-order valence-corrected chi connectivity index (χ0v) is 8.59. The highest BCUT2D eigenvalue weighted by Crippen LogP contribution is 2.12. The SMILES string of the molecule is O=C(O)c1cnc(Nc2ccc(F)cc2)nc1. The van der Waals surface area contributed by atoms with Crippen LogP contribution in [-0.2, 0) is 0 Å². The summed E-state index contributed by atoms with van der Waals surface area (Å²) in [5, 5.41) is 11.5. The molecule has 1 aromatic heterocycles. The maximum Gasteiger partial charge on any atom is 0.338 e. The van der Waals surface area contributed by atoms with Crippen molar-refractivity contribution in [2.75, 3.05) is 5.32 Å². The first-order valence-electron chi connectivity index (χ1n) is 4.73. The molecule has 86 valence electrons. The Morgan fingerprint density at radius 1 is 1.18 bits per heavy atom. The van der Waals surface area contributed by atoms with E-state index in [-0.39, 0.29) is 17.3 Å². The van der Waals surface area contributed by atoms with Crippen LogP contribution in [0.2, 0.25) is 0 Å². The molecule has 0 bridgehead atoms. The lowest BCUT2D eigenvalue weighted by Crippen LogP contribution is -2.01. The van der Waals surface area contributed by atoms with E-state index in [2.05, 4.69) is 15.3 Å². The molecule has 2 rings (SSSR count). The first-order valence-corrected chi connectivity index (χ1v) is 4.73. The minimum atomic E-state index is -1.08. The summed E-state index contributed by atoms with van der Waals surface area (Å²) >= 11 is 0. The van der Waals surface area contributed by atoms with Gasteiger partial charge < -0.3 is 10.4 Å². The molecular formula is C11H8FN3O2. The van der Waals surface area contributed by atoms with Gasteiger partial charge in [-0.15, -0.1) is 0 Å². The molecule has 0 saturated heterocycles. The zero-order valence-electron chi connectivity index (χ0n) is 8.59. The van der Waals surface area contributed by atoms with E-state index in [1.807, 2.05) is 0 Å². The fourth-order valence-corrected chi connectivity index (χ4v) is 1.17. The number of carboxylic acids is 1. The van der Waals surface area contributed by atoms with Crippen molar-refractivity contribution in [3.05, 3.63) is 48.0 Å². The molecule has 0 aliphatic heterocycles. The third-order valence-corrected chi connectivity index (χ3v) is 2.00. The first kappa shape index (κ1) is 11.0. The summed E-state index contributed by atoms with van der Waals surface area (Å²) in [6.07, 6.45) is 2.39. The lowest BCUT2D eigenvalue weighted by Gasteiger charge is -2.03. The number of anilines is 2. The molecule has 1 heterocycles. The highest BCUT2D eigenvalue weighted by Gasteiger charge is 2.04. The number of hydrogen-bond acceptors (Lipinski definition) is 4. The van der Waals surface area contributed by atoms with Crippen molar-refractivity contribution in [3.8, 4) is 0 Å². The maximum absolute atomic E-state index is 12.6. The molecule has 0 unspecified atom stereocenters. The van der Waals surface area contributed by atoms with Crippen LogP contribution >= 0.6 is 0 Å². The molecule has 2 aromatic rings. The quantitative estimate of drug-likeness (QED) is 0.848. The molecule has 0 amide bonds. The second kappa shape index (κ2) is 4.56. The summed E-state index contributed by atoms with van der Waals surface area (Å²) < 4.78 is 12.6. The van der Waals surface area contributed by atoms with Gasteiger partial charge in [-0.05, 0) is 24.3 Å². The van der Waals surface area contributed by atoms with Gasteiger partial charge in [-0.25, -0.2) is 19.2 Å². The van der Waals surface area contributed by atoms with Crippen LogP contribution in [-0.4, -0.2) is 21.0 Å². The molecule has 0 spiro atoms. The van der Waals surface area contributed by atoms with E-state index in [0.717, 1.165) is 0 Å². The largest absolute Gasteiger partial charge is 0.478 e. The molecule has 0 aliphatic carbocycles. The molecule has 0 fully saturated rings. The van der Waals surface area contributed by atoms with Crippen LogP contribution in [0.1, 0.15) is 10.4 Å². The fourth-order valence-electron chi connectivity index (χ4n) is 1.17. The minimum Gasteiger partial charge on any atom is -0.478 e. The molecule has 5 nitrogen and oxygen atoms in total. The van der Waals surface area contributed by atoms with Gasteiger partial charge in [0.15, 0.2) is 0 Å². The Kier molecular flexibility index (Phi) is 2.95. The van der Waals surface area contributed by atoms with Crippen molar-refractivity contribution in [1.29, 1.82) is 0 Å². The number of nitrogens with zero attached hydrogens (tertiary/aromatic N) is 2. The molecule has 0 aliphatic rings. The lowest BCUT2D eigenvalue weighted by molar-refractivity contribution is 0.0696. The van der Waals surface area contributed by atoms with Crippen LogP contribution < -0.4 is 5.32 Å². The summed E-state index contributed by atoms with van der Waals surface area (Å²) in [6, 6.07) is 5.66. The second-order valence-electron chi connectivity index (χ2n) is 3.23. The lowest BCUT2D eigenvalue weighted by atomic mass is 10.3. The summed E-state index contributed by atoms with van der Waals surface area (Å²) in [6.45, 7) is 0. The average molecular weight is 233 g/mol.